The molecule has 1 heterocycles. The number of carbonyl (C=O) groups excluding carboxylic acids is 1. The van der Waals surface area contributed by atoms with E-state index in [0.717, 1.165) is 0 Å². The minimum Gasteiger partial charge on any atom is -0.378 e. The van der Waals surface area contributed by atoms with Crippen LogP contribution in [0.4, 0.5) is 0 Å². The van der Waals surface area contributed by atoms with E-state index >= 15 is 0 Å². The fraction of sp³-hybridized carbons (Fsp3) is 0.462. The lowest BCUT2D eigenvalue weighted by Gasteiger charge is -2.31. The maximum Gasteiger partial charge on any atom is 0.359 e. The van der Waals surface area contributed by atoms with Gasteiger partial charge in [-0.1, -0.05) is 41.9 Å². The molecule has 2 rings (SSSR count). The maximum atomic E-state index is 12.7. The van der Waals surface area contributed by atoms with Crippen molar-refractivity contribution in [1.82, 2.24) is 4.90 Å². The fourth-order valence-electron chi connectivity index (χ4n) is 2.22. The molecule has 0 aliphatic carbocycles. The minimum absolute atomic E-state index is 0.267. The van der Waals surface area contributed by atoms with Crippen molar-refractivity contribution in [2.45, 2.75) is 11.0 Å². The molecule has 0 radical (unpaired) electrons. The molecule has 1 fully saturated rings. The third kappa shape index (κ3) is 5.36. The van der Waals surface area contributed by atoms with Crippen LogP contribution in [0.5, 0.6) is 0 Å². The lowest BCUT2D eigenvalue weighted by atomic mass is 10.1. The van der Waals surface area contributed by atoms with Gasteiger partial charge in [0, 0.05) is 13.1 Å². The van der Waals surface area contributed by atoms with E-state index in [1.165, 1.54) is 17.0 Å². The van der Waals surface area contributed by atoms with Crippen LogP contribution >= 0.6 is 26.8 Å². The van der Waals surface area contributed by atoms with Crippen molar-refractivity contribution in [3.05, 3.63) is 35.9 Å². The van der Waals surface area contributed by atoms with Gasteiger partial charge in [-0.3, -0.25) is 18.4 Å². The fourth-order valence-corrected chi connectivity index (χ4v) is 4.65. The molecule has 1 aliphatic rings. The molecule has 0 spiro atoms. The second-order valence-electron chi connectivity index (χ2n) is 5.30. The second-order valence-corrected chi connectivity index (χ2v) is 10.3. The van der Waals surface area contributed by atoms with E-state index in [-0.39, 0.29) is 18.7 Å². The highest BCUT2D eigenvalue weighted by atomic mass is 35.5. The van der Waals surface area contributed by atoms with Gasteiger partial charge in [-0.05, 0) is 5.56 Å². The van der Waals surface area contributed by atoms with Crippen LogP contribution in [0.2, 0.25) is 0 Å². The summed E-state index contributed by atoms with van der Waals surface area (Å²) < 4.78 is 33.6. The molecule has 0 bridgehead atoms. The Bertz CT molecular complexity index is 691. The Kier molecular flexibility index (Phi) is 6.81. The van der Waals surface area contributed by atoms with Crippen molar-refractivity contribution in [3.63, 3.8) is 0 Å². The highest BCUT2D eigenvalue weighted by Crippen LogP contribution is 2.66. The summed E-state index contributed by atoms with van der Waals surface area (Å²) in [6.45, 7) is 1.16. The monoisotopic (exact) mass is 413 g/mol. The van der Waals surface area contributed by atoms with Crippen molar-refractivity contribution < 1.29 is 37.9 Å². The smallest absolute Gasteiger partial charge is 0.359 e. The van der Waals surface area contributed by atoms with Gasteiger partial charge in [0.25, 0.3) is 5.91 Å². The molecule has 12 heteroatoms. The third-order valence-electron chi connectivity index (χ3n) is 3.45. The van der Waals surface area contributed by atoms with Gasteiger partial charge in [-0.2, -0.15) is 0 Å². The van der Waals surface area contributed by atoms with Gasteiger partial charge in [-0.15, -0.1) is 0 Å². The van der Waals surface area contributed by atoms with Gasteiger partial charge in [0.15, 0.2) is 6.10 Å². The first kappa shape index (κ1) is 20.6. The van der Waals surface area contributed by atoms with Crippen molar-refractivity contribution in [2.75, 3.05) is 26.3 Å². The normalized spacial score (nSPS) is 20.6. The van der Waals surface area contributed by atoms with Gasteiger partial charge >= 0.3 is 15.2 Å². The van der Waals surface area contributed by atoms with Crippen LogP contribution < -0.4 is 0 Å². The lowest BCUT2D eigenvalue weighted by molar-refractivity contribution is -0.143. The van der Waals surface area contributed by atoms with E-state index in [1.807, 2.05) is 0 Å². The number of rotatable bonds is 6. The van der Waals surface area contributed by atoms with Gasteiger partial charge in [0.1, 0.15) is 0 Å². The maximum absolute atomic E-state index is 12.7. The van der Waals surface area contributed by atoms with Crippen molar-refractivity contribution in [1.29, 1.82) is 0 Å². The first-order chi connectivity index (χ1) is 11.6. The molecule has 3 atom stereocenters. The van der Waals surface area contributed by atoms with E-state index in [4.69, 9.17) is 30.6 Å². The van der Waals surface area contributed by atoms with Gasteiger partial charge in [0.2, 0.25) is 4.86 Å². The topological polar surface area (TPSA) is 134 Å². The van der Waals surface area contributed by atoms with Crippen LogP contribution in [0.3, 0.4) is 0 Å². The van der Waals surface area contributed by atoms with Crippen molar-refractivity contribution in [2.24, 2.45) is 0 Å². The number of hydrogen-bond donors (Lipinski definition) is 3. The quantitative estimate of drug-likeness (QED) is 0.472. The van der Waals surface area contributed by atoms with Crippen LogP contribution in [-0.2, 0) is 23.2 Å². The van der Waals surface area contributed by atoms with Crippen LogP contribution in [-0.4, -0.2) is 56.6 Å². The van der Waals surface area contributed by atoms with E-state index < -0.39 is 32.1 Å². The summed E-state index contributed by atoms with van der Waals surface area (Å²) >= 11 is 5.42. The van der Waals surface area contributed by atoms with Crippen LogP contribution in [0.1, 0.15) is 11.7 Å². The zero-order valence-corrected chi connectivity index (χ0v) is 15.5. The number of alkyl halides is 1. The van der Waals surface area contributed by atoms with E-state index in [0.29, 0.717) is 13.2 Å². The lowest BCUT2D eigenvalue weighted by Crippen LogP contribution is -2.43. The molecule has 1 unspecified atom stereocenters. The van der Waals surface area contributed by atoms with Gasteiger partial charge in [0.05, 0.1) is 13.2 Å². The molecule has 1 aliphatic heterocycles. The number of carbonyl (C=O) groups is 1. The number of amides is 1. The van der Waals surface area contributed by atoms with E-state index in [2.05, 4.69) is 0 Å². The molecule has 9 nitrogen and oxygen atoms in total. The standard InChI is InChI=1S/C13H18ClNO8P2/c14-13(24(17,18)19)25(20,21)23-11(10-4-2-1-3-5-10)12(16)15-6-8-22-9-7-15/h1-5,11,13H,6-9H2,(H,20,21)(H2,17,18,19)/t11-,13+/m0/s1. The number of halogens is 1. The molecule has 0 saturated carbocycles. The zero-order valence-electron chi connectivity index (χ0n) is 13.0. The summed E-state index contributed by atoms with van der Waals surface area (Å²) in [4.78, 5) is 39.7. The molecular weight excluding hydrogens is 396 g/mol. The second kappa shape index (κ2) is 8.29. The molecule has 3 N–H and O–H groups in total. The number of hydrogen-bond acceptors (Lipinski definition) is 5. The Morgan fingerprint density at radius 1 is 1.16 bits per heavy atom. The molecule has 25 heavy (non-hydrogen) atoms. The van der Waals surface area contributed by atoms with E-state index in [1.54, 1.807) is 18.2 Å². The number of ether oxygens (including phenoxy) is 1. The van der Waals surface area contributed by atoms with Crippen molar-refractivity contribution >= 4 is 32.7 Å². The third-order valence-corrected chi connectivity index (χ3v) is 8.34. The molecule has 140 valence electrons. The molecule has 1 aromatic rings. The SMILES string of the molecule is O=C([C@@H](OP(=O)(O)[C@H](Cl)P(=O)(O)O)c1ccccc1)N1CCOCC1. The van der Waals surface area contributed by atoms with Crippen molar-refractivity contribution in [3.8, 4) is 0 Å². The first-order valence-electron chi connectivity index (χ1n) is 7.24. The Morgan fingerprint density at radius 3 is 2.24 bits per heavy atom. The summed E-state index contributed by atoms with van der Waals surface area (Å²) in [7, 11) is -10.1. The number of morpholine rings is 1. The Morgan fingerprint density at radius 2 is 1.72 bits per heavy atom. The highest BCUT2D eigenvalue weighted by Gasteiger charge is 2.47. The summed E-state index contributed by atoms with van der Waals surface area (Å²) in [5.74, 6) is -0.613. The predicted molar refractivity (Wildman–Crippen MR) is 89.2 cm³/mol. The van der Waals surface area contributed by atoms with E-state index in [9.17, 15) is 18.8 Å². The molecule has 1 amide bonds. The molecule has 0 aromatic heterocycles. The van der Waals surface area contributed by atoms with Crippen LogP contribution in [0, 0.1) is 0 Å². The summed E-state index contributed by atoms with van der Waals surface area (Å²) in [5, 5.41) is 0. The summed E-state index contributed by atoms with van der Waals surface area (Å²) in [6.07, 6.45) is -1.53. The predicted octanol–water partition coefficient (Wildman–Crippen LogP) is 1.49. The van der Waals surface area contributed by atoms with Crippen LogP contribution in [0.15, 0.2) is 30.3 Å². The number of nitrogens with zero attached hydrogens (tertiary/aromatic N) is 1. The molecule has 1 aromatic carbocycles. The largest absolute Gasteiger partial charge is 0.378 e. The average molecular weight is 414 g/mol. The zero-order chi connectivity index (χ0) is 18.7. The molecular formula is C13H18ClNO8P2. The Balaban J connectivity index is 2.30. The average Bonchev–Trinajstić information content (AvgIpc) is 2.59. The first-order valence-corrected chi connectivity index (χ1v) is 11.0. The minimum atomic E-state index is -5.11. The summed E-state index contributed by atoms with van der Waals surface area (Å²) in [6, 6.07) is 7.88. The Labute approximate surface area is 149 Å². The highest BCUT2D eigenvalue weighted by molar-refractivity contribution is 7.74. The Hall–Kier alpha value is -0.760. The summed E-state index contributed by atoms with van der Waals surface area (Å²) in [5.41, 5.74) is 0.267. The van der Waals surface area contributed by atoms with Gasteiger partial charge in [-0.25, -0.2) is 0 Å². The molecule has 1 saturated heterocycles. The van der Waals surface area contributed by atoms with Crippen LogP contribution in [0.25, 0.3) is 0 Å². The number of benzene rings is 1. The van der Waals surface area contributed by atoms with Gasteiger partial charge < -0.3 is 24.3 Å².